The van der Waals surface area contributed by atoms with Crippen LogP contribution in [0.25, 0.3) is 0 Å². The highest BCUT2D eigenvalue weighted by Crippen LogP contribution is 1.94. The fraction of sp³-hybridized carbons (Fsp3) is 0.455. The van der Waals surface area contributed by atoms with Crippen LogP contribution in [0, 0.1) is 5.92 Å². The second-order valence-corrected chi connectivity index (χ2v) is 3.26. The van der Waals surface area contributed by atoms with Gasteiger partial charge < -0.3 is 0 Å². The lowest BCUT2D eigenvalue weighted by Crippen LogP contribution is -1.74. The molecule has 0 heterocycles. The summed E-state index contributed by atoms with van der Waals surface area (Å²) in [5.74, 6) is 0.645. The zero-order chi connectivity index (χ0) is 8.69. The monoisotopic (exact) mass is 150 g/mol. The molecule has 0 saturated heterocycles. The number of allylic oxidation sites excluding steroid dienone is 6. The molecule has 0 saturated carbocycles. The predicted octanol–water partition coefficient (Wildman–Crippen LogP) is 3.72. The molecule has 0 N–H and O–H groups in total. The standard InChI is InChI=1S/C11H18/c1-10(2)8-6-5-7-9-11(3)4/h5-10H,1-4H3/b7-5+,8-6+. The van der Waals surface area contributed by atoms with Gasteiger partial charge in [0.1, 0.15) is 0 Å². The molecule has 0 aliphatic rings. The summed E-state index contributed by atoms with van der Waals surface area (Å²) in [6.07, 6.45) is 10.5. The molecule has 0 unspecified atom stereocenters. The SMILES string of the molecule is CC(C)=C/C=C/C=C/C(C)C. The zero-order valence-electron chi connectivity index (χ0n) is 7.96. The first kappa shape index (κ1) is 10.2. The molecular weight excluding hydrogens is 132 g/mol. The van der Waals surface area contributed by atoms with Gasteiger partial charge in [0.2, 0.25) is 0 Å². The van der Waals surface area contributed by atoms with E-state index in [0.29, 0.717) is 5.92 Å². The van der Waals surface area contributed by atoms with Crippen LogP contribution in [0.1, 0.15) is 27.7 Å². The Morgan fingerprint density at radius 2 is 1.64 bits per heavy atom. The summed E-state index contributed by atoms with van der Waals surface area (Å²) in [5.41, 5.74) is 1.33. The average molecular weight is 150 g/mol. The van der Waals surface area contributed by atoms with E-state index < -0.39 is 0 Å². The zero-order valence-corrected chi connectivity index (χ0v) is 7.96. The van der Waals surface area contributed by atoms with Crippen LogP contribution in [0.3, 0.4) is 0 Å². The maximum atomic E-state index is 2.18. The van der Waals surface area contributed by atoms with Crippen molar-refractivity contribution < 1.29 is 0 Å². The minimum Gasteiger partial charge on any atom is -0.0820 e. The summed E-state index contributed by atoms with van der Waals surface area (Å²) >= 11 is 0. The van der Waals surface area contributed by atoms with Crippen LogP contribution in [0.2, 0.25) is 0 Å². The minimum atomic E-state index is 0.645. The second-order valence-electron chi connectivity index (χ2n) is 3.26. The van der Waals surface area contributed by atoms with Gasteiger partial charge in [-0.25, -0.2) is 0 Å². The number of hydrogen-bond acceptors (Lipinski definition) is 0. The number of hydrogen-bond donors (Lipinski definition) is 0. The molecule has 11 heavy (non-hydrogen) atoms. The van der Waals surface area contributed by atoms with E-state index in [4.69, 9.17) is 0 Å². The first-order valence-electron chi connectivity index (χ1n) is 4.11. The molecule has 0 amide bonds. The Kier molecular flexibility index (Phi) is 5.54. The van der Waals surface area contributed by atoms with E-state index in [9.17, 15) is 0 Å². The fourth-order valence-electron chi connectivity index (χ4n) is 0.599. The Morgan fingerprint density at radius 1 is 1.00 bits per heavy atom. The van der Waals surface area contributed by atoms with Crippen LogP contribution < -0.4 is 0 Å². The summed E-state index contributed by atoms with van der Waals surface area (Å²) in [6.45, 7) is 8.53. The summed E-state index contributed by atoms with van der Waals surface area (Å²) in [4.78, 5) is 0. The molecule has 0 aromatic heterocycles. The molecule has 62 valence electrons. The highest BCUT2D eigenvalue weighted by atomic mass is 13.8. The molecule has 0 nitrogen and oxygen atoms in total. The van der Waals surface area contributed by atoms with Crippen molar-refractivity contribution in [2.45, 2.75) is 27.7 Å². The molecule has 0 spiro atoms. The predicted molar refractivity (Wildman–Crippen MR) is 52.5 cm³/mol. The quantitative estimate of drug-likeness (QED) is 0.538. The van der Waals surface area contributed by atoms with Crippen LogP contribution in [0.15, 0.2) is 36.0 Å². The molecular formula is C11H18. The van der Waals surface area contributed by atoms with E-state index in [0.717, 1.165) is 0 Å². The molecule has 0 aliphatic carbocycles. The van der Waals surface area contributed by atoms with E-state index >= 15 is 0 Å². The average Bonchev–Trinajstić information content (AvgIpc) is 1.85. The first-order chi connectivity index (χ1) is 5.13. The van der Waals surface area contributed by atoms with Crippen LogP contribution in [-0.4, -0.2) is 0 Å². The van der Waals surface area contributed by atoms with Gasteiger partial charge in [0.05, 0.1) is 0 Å². The largest absolute Gasteiger partial charge is 0.0820 e. The van der Waals surface area contributed by atoms with Crippen molar-refractivity contribution in [3.05, 3.63) is 36.0 Å². The van der Waals surface area contributed by atoms with Gasteiger partial charge in [-0.1, -0.05) is 49.8 Å². The first-order valence-corrected chi connectivity index (χ1v) is 4.11. The van der Waals surface area contributed by atoms with Crippen molar-refractivity contribution in [2.75, 3.05) is 0 Å². The maximum absolute atomic E-state index is 2.18. The highest BCUT2D eigenvalue weighted by Gasteiger charge is 1.78. The van der Waals surface area contributed by atoms with E-state index in [-0.39, 0.29) is 0 Å². The lowest BCUT2D eigenvalue weighted by molar-refractivity contribution is 0.832. The maximum Gasteiger partial charge on any atom is -0.0287 e. The third-order valence-corrected chi connectivity index (χ3v) is 1.15. The van der Waals surface area contributed by atoms with Gasteiger partial charge in [0, 0.05) is 0 Å². The number of rotatable bonds is 3. The normalized spacial score (nSPS) is 11.7. The van der Waals surface area contributed by atoms with Crippen LogP contribution in [0.5, 0.6) is 0 Å². The van der Waals surface area contributed by atoms with E-state index in [1.54, 1.807) is 0 Å². The van der Waals surface area contributed by atoms with Gasteiger partial charge in [-0.05, 0) is 19.8 Å². The van der Waals surface area contributed by atoms with Crippen molar-refractivity contribution >= 4 is 0 Å². The highest BCUT2D eigenvalue weighted by molar-refractivity contribution is 5.14. The second kappa shape index (κ2) is 5.96. The van der Waals surface area contributed by atoms with Crippen molar-refractivity contribution in [3.8, 4) is 0 Å². The van der Waals surface area contributed by atoms with Crippen LogP contribution in [0.4, 0.5) is 0 Å². The van der Waals surface area contributed by atoms with Gasteiger partial charge in [0.15, 0.2) is 0 Å². The third-order valence-electron chi connectivity index (χ3n) is 1.15. The molecule has 0 heteroatoms. The minimum absolute atomic E-state index is 0.645. The van der Waals surface area contributed by atoms with Crippen molar-refractivity contribution in [3.63, 3.8) is 0 Å². The molecule has 0 aliphatic heterocycles. The lowest BCUT2D eigenvalue weighted by Gasteiger charge is -1.88. The van der Waals surface area contributed by atoms with Gasteiger partial charge in [-0.3, -0.25) is 0 Å². The topological polar surface area (TPSA) is 0 Å². The third kappa shape index (κ3) is 9.22. The summed E-state index contributed by atoms with van der Waals surface area (Å²) in [7, 11) is 0. The molecule has 0 rings (SSSR count). The molecule has 0 fully saturated rings. The Hall–Kier alpha value is -0.780. The van der Waals surface area contributed by atoms with Gasteiger partial charge in [-0.15, -0.1) is 0 Å². The smallest absolute Gasteiger partial charge is 0.0287 e. The summed E-state index contributed by atoms with van der Waals surface area (Å²) < 4.78 is 0. The van der Waals surface area contributed by atoms with Gasteiger partial charge >= 0.3 is 0 Å². The summed E-state index contributed by atoms with van der Waals surface area (Å²) in [6, 6.07) is 0. The van der Waals surface area contributed by atoms with Gasteiger partial charge in [-0.2, -0.15) is 0 Å². The Labute approximate surface area is 70.3 Å². The van der Waals surface area contributed by atoms with Crippen LogP contribution in [-0.2, 0) is 0 Å². The fourth-order valence-corrected chi connectivity index (χ4v) is 0.599. The van der Waals surface area contributed by atoms with Gasteiger partial charge in [0.25, 0.3) is 0 Å². The molecule has 0 aromatic carbocycles. The van der Waals surface area contributed by atoms with Crippen molar-refractivity contribution in [1.29, 1.82) is 0 Å². The van der Waals surface area contributed by atoms with Crippen LogP contribution >= 0.6 is 0 Å². The Balaban J connectivity index is 3.69. The van der Waals surface area contributed by atoms with E-state index in [2.05, 4.69) is 58.1 Å². The Bertz CT molecular complexity index is 164. The van der Waals surface area contributed by atoms with Crippen molar-refractivity contribution in [2.24, 2.45) is 5.92 Å². The Morgan fingerprint density at radius 3 is 2.09 bits per heavy atom. The molecule has 0 aromatic rings. The van der Waals surface area contributed by atoms with Crippen molar-refractivity contribution in [1.82, 2.24) is 0 Å². The van der Waals surface area contributed by atoms with E-state index in [1.807, 2.05) is 0 Å². The molecule has 0 bridgehead atoms. The lowest BCUT2D eigenvalue weighted by atomic mass is 10.2. The molecule has 0 radical (unpaired) electrons. The molecule has 0 atom stereocenters. The van der Waals surface area contributed by atoms with E-state index in [1.165, 1.54) is 5.57 Å². The summed E-state index contributed by atoms with van der Waals surface area (Å²) in [5, 5.41) is 0.